The number of ether oxygens (including phenoxy) is 3. The second kappa shape index (κ2) is 11.2. The minimum atomic E-state index is -0.868. The first-order valence-electron chi connectivity index (χ1n) is 11.2. The molecule has 0 radical (unpaired) electrons. The van der Waals surface area contributed by atoms with Crippen LogP contribution >= 0.6 is 0 Å². The van der Waals surface area contributed by atoms with Crippen molar-refractivity contribution in [3.05, 3.63) is 48.2 Å². The van der Waals surface area contributed by atoms with Gasteiger partial charge in [0.2, 0.25) is 18.1 Å². The van der Waals surface area contributed by atoms with Crippen LogP contribution in [0.4, 0.5) is 10.3 Å². The summed E-state index contributed by atoms with van der Waals surface area (Å²) in [5, 5.41) is 14.5. The van der Waals surface area contributed by atoms with Crippen LogP contribution in [-0.2, 0) is 19.0 Å². The summed E-state index contributed by atoms with van der Waals surface area (Å²) in [5.41, 5.74) is 1.33. The van der Waals surface area contributed by atoms with Gasteiger partial charge in [-0.05, 0) is 37.3 Å². The fraction of sp³-hybridized carbons (Fsp3) is 0.375. The maximum atomic E-state index is 13.6. The van der Waals surface area contributed by atoms with E-state index in [1.165, 1.54) is 12.1 Å². The minimum Gasteiger partial charge on any atom is -0.383 e. The molecule has 0 bridgehead atoms. The summed E-state index contributed by atoms with van der Waals surface area (Å²) in [6.07, 6.45) is 0.703. The predicted octanol–water partition coefficient (Wildman–Crippen LogP) is 2.42. The zero-order valence-corrected chi connectivity index (χ0v) is 19.9. The highest BCUT2D eigenvalue weighted by atomic mass is 19.1. The number of aromatic nitrogens is 4. The number of aromatic amines is 1. The minimum absolute atomic E-state index is 0.0457. The second-order valence-corrected chi connectivity index (χ2v) is 8.39. The first-order chi connectivity index (χ1) is 17.4. The van der Waals surface area contributed by atoms with Crippen LogP contribution in [0.1, 0.15) is 19.0 Å². The lowest BCUT2D eigenvalue weighted by Crippen LogP contribution is -2.49. The van der Waals surface area contributed by atoms with Gasteiger partial charge in [-0.2, -0.15) is 5.26 Å². The summed E-state index contributed by atoms with van der Waals surface area (Å²) in [6.45, 7) is 2.84. The van der Waals surface area contributed by atoms with Gasteiger partial charge in [0, 0.05) is 25.4 Å². The molecule has 0 atom stereocenters. The third kappa shape index (κ3) is 5.65. The van der Waals surface area contributed by atoms with Gasteiger partial charge < -0.3 is 29.8 Å². The summed E-state index contributed by atoms with van der Waals surface area (Å²) in [4.78, 5) is 29.0. The molecule has 3 N–H and O–H groups in total. The molecule has 3 aromatic rings. The maximum Gasteiger partial charge on any atom is 0.230 e. The molecule has 1 amide bonds. The Hall–Kier alpha value is -3.92. The van der Waals surface area contributed by atoms with E-state index in [9.17, 15) is 9.18 Å². The van der Waals surface area contributed by atoms with Gasteiger partial charge >= 0.3 is 0 Å². The summed E-state index contributed by atoms with van der Waals surface area (Å²) in [6, 6.07) is 9.57. The summed E-state index contributed by atoms with van der Waals surface area (Å²) >= 11 is 0. The van der Waals surface area contributed by atoms with Crippen molar-refractivity contribution in [1.82, 2.24) is 25.3 Å². The highest BCUT2D eigenvalue weighted by Crippen LogP contribution is 2.35. The highest BCUT2D eigenvalue weighted by molar-refractivity contribution is 5.82. The third-order valence-corrected chi connectivity index (χ3v) is 5.55. The van der Waals surface area contributed by atoms with Gasteiger partial charge in [0.15, 0.2) is 5.82 Å². The number of nitrogens with one attached hydrogen (secondary N) is 3. The molecule has 0 saturated carbocycles. The molecular formula is C24H26FN7O4. The fourth-order valence-electron chi connectivity index (χ4n) is 3.58. The molecule has 1 aliphatic rings. The van der Waals surface area contributed by atoms with Gasteiger partial charge in [-0.1, -0.05) is 0 Å². The molecule has 1 aliphatic heterocycles. The Morgan fingerprint density at radius 1 is 1.28 bits per heavy atom. The second-order valence-electron chi connectivity index (χ2n) is 8.39. The number of benzene rings is 1. The molecule has 0 aliphatic carbocycles. The van der Waals surface area contributed by atoms with Crippen LogP contribution in [0.25, 0.3) is 22.6 Å². The van der Waals surface area contributed by atoms with E-state index < -0.39 is 11.7 Å². The van der Waals surface area contributed by atoms with Crippen molar-refractivity contribution in [1.29, 1.82) is 5.26 Å². The number of carbonyl (C=O) groups is 1. The Balaban J connectivity index is 1.60. The number of imidazole rings is 1. The van der Waals surface area contributed by atoms with Crippen LogP contribution in [0.3, 0.4) is 0 Å². The van der Waals surface area contributed by atoms with Crippen molar-refractivity contribution in [3.8, 4) is 28.7 Å². The zero-order valence-electron chi connectivity index (χ0n) is 19.9. The Morgan fingerprint density at radius 2 is 2.03 bits per heavy atom. The van der Waals surface area contributed by atoms with E-state index in [1.54, 1.807) is 38.4 Å². The lowest BCUT2D eigenvalue weighted by Gasteiger charge is -2.35. The SMILES string of the molecule is COCCNC(=O)C1(C)COC(c2nc(-c3ccc(F)cc3)c(-c3ccnc(NCC#N)n3)[nH]2)OC1. The number of rotatable bonds is 9. The Kier molecular flexibility index (Phi) is 7.84. The van der Waals surface area contributed by atoms with Crippen LogP contribution < -0.4 is 10.6 Å². The van der Waals surface area contributed by atoms with Gasteiger partial charge in [-0.15, -0.1) is 0 Å². The van der Waals surface area contributed by atoms with E-state index in [0.29, 0.717) is 41.6 Å². The number of nitriles is 1. The van der Waals surface area contributed by atoms with Gasteiger partial charge in [0.1, 0.15) is 12.4 Å². The lowest BCUT2D eigenvalue weighted by atomic mass is 9.91. The lowest BCUT2D eigenvalue weighted by molar-refractivity contribution is -0.231. The van der Waals surface area contributed by atoms with E-state index in [4.69, 9.17) is 19.5 Å². The van der Waals surface area contributed by atoms with Crippen molar-refractivity contribution >= 4 is 11.9 Å². The Morgan fingerprint density at radius 3 is 2.72 bits per heavy atom. The molecule has 4 rings (SSSR count). The van der Waals surface area contributed by atoms with E-state index in [-0.39, 0.29) is 37.4 Å². The molecule has 12 heteroatoms. The van der Waals surface area contributed by atoms with E-state index >= 15 is 0 Å². The predicted molar refractivity (Wildman–Crippen MR) is 127 cm³/mol. The average Bonchev–Trinajstić information content (AvgIpc) is 3.34. The number of halogens is 1. The van der Waals surface area contributed by atoms with Crippen LogP contribution in [0.5, 0.6) is 0 Å². The maximum absolute atomic E-state index is 13.6. The molecular weight excluding hydrogens is 469 g/mol. The molecule has 1 fully saturated rings. The molecule has 188 valence electrons. The number of amides is 1. The van der Waals surface area contributed by atoms with Crippen LogP contribution in [0, 0.1) is 22.6 Å². The van der Waals surface area contributed by atoms with Crippen molar-refractivity contribution in [2.24, 2.45) is 5.41 Å². The molecule has 3 heterocycles. The number of anilines is 1. The van der Waals surface area contributed by atoms with Gasteiger partial charge in [-0.3, -0.25) is 4.79 Å². The smallest absolute Gasteiger partial charge is 0.230 e. The van der Waals surface area contributed by atoms with E-state index in [1.807, 2.05) is 6.07 Å². The number of carbonyl (C=O) groups excluding carboxylic acids is 1. The van der Waals surface area contributed by atoms with E-state index in [2.05, 4.69) is 30.6 Å². The molecule has 0 spiro atoms. The quantitative estimate of drug-likeness (QED) is 0.301. The monoisotopic (exact) mass is 495 g/mol. The molecule has 36 heavy (non-hydrogen) atoms. The number of hydrogen-bond acceptors (Lipinski definition) is 9. The number of nitrogens with zero attached hydrogens (tertiary/aromatic N) is 4. The molecule has 1 saturated heterocycles. The molecule has 2 aromatic heterocycles. The van der Waals surface area contributed by atoms with Crippen molar-refractivity contribution < 1.29 is 23.4 Å². The van der Waals surface area contributed by atoms with Crippen LogP contribution in [0.15, 0.2) is 36.5 Å². The number of hydrogen-bond donors (Lipinski definition) is 3. The van der Waals surface area contributed by atoms with Crippen LogP contribution in [0.2, 0.25) is 0 Å². The molecule has 0 unspecified atom stereocenters. The average molecular weight is 496 g/mol. The number of methoxy groups -OCH3 is 1. The Bertz CT molecular complexity index is 1230. The topological polar surface area (TPSA) is 147 Å². The Labute approximate surface area is 207 Å². The molecule has 11 nitrogen and oxygen atoms in total. The fourth-order valence-corrected chi connectivity index (χ4v) is 3.58. The zero-order chi connectivity index (χ0) is 25.5. The van der Waals surface area contributed by atoms with Crippen molar-refractivity contribution in [2.75, 3.05) is 45.3 Å². The van der Waals surface area contributed by atoms with Gasteiger partial charge in [-0.25, -0.2) is 19.3 Å². The van der Waals surface area contributed by atoms with Gasteiger partial charge in [0.05, 0.1) is 48.4 Å². The van der Waals surface area contributed by atoms with Crippen molar-refractivity contribution in [3.63, 3.8) is 0 Å². The summed E-state index contributed by atoms with van der Waals surface area (Å²) < 4.78 is 30.3. The largest absolute Gasteiger partial charge is 0.383 e. The van der Waals surface area contributed by atoms with E-state index in [0.717, 1.165) is 0 Å². The highest BCUT2D eigenvalue weighted by Gasteiger charge is 2.40. The van der Waals surface area contributed by atoms with Gasteiger partial charge in [0.25, 0.3) is 0 Å². The van der Waals surface area contributed by atoms with Crippen LogP contribution in [-0.4, -0.2) is 65.9 Å². The van der Waals surface area contributed by atoms with Crippen molar-refractivity contribution in [2.45, 2.75) is 13.2 Å². The number of H-pyrrole nitrogens is 1. The third-order valence-electron chi connectivity index (χ3n) is 5.55. The normalized spacial score (nSPS) is 19.4. The first-order valence-corrected chi connectivity index (χ1v) is 11.2. The molecule has 1 aromatic carbocycles. The summed E-state index contributed by atoms with van der Waals surface area (Å²) in [5.74, 6) is 0.0820. The standard InChI is InChI=1S/C24H26FN7O4/c1-24(22(33)27-11-12-34-2)13-35-21(36-14-24)20-31-18(15-3-5-16(25)6-4-15)19(32-20)17-7-9-28-23(30-17)29-10-8-26/h3-7,9,21H,10-14H2,1-2H3,(H,27,33)(H,31,32)(H,28,29,30). The summed E-state index contributed by atoms with van der Waals surface area (Å²) in [7, 11) is 1.56. The first kappa shape index (κ1) is 25.2.